The van der Waals surface area contributed by atoms with Gasteiger partial charge in [-0.05, 0) is 25.3 Å². The van der Waals surface area contributed by atoms with Crippen LogP contribution in [0.4, 0.5) is 0 Å². The van der Waals surface area contributed by atoms with Gasteiger partial charge in [-0.25, -0.2) is 9.78 Å². The van der Waals surface area contributed by atoms with Gasteiger partial charge in [-0.3, -0.25) is 0 Å². The molecular formula is C17H24N4O2. The van der Waals surface area contributed by atoms with E-state index < -0.39 is 0 Å². The summed E-state index contributed by atoms with van der Waals surface area (Å²) in [6.45, 7) is 4.69. The molecule has 3 rings (SSSR count). The minimum Gasteiger partial charge on any atom is -0.465 e. The van der Waals surface area contributed by atoms with Crippen LogP contribution < -0.4 is 5.32 Å². The third-order valence-corrected chi connectivity index (χ3v) is 4.81. The predicted octanol–water partition coefficient (Wildman–Crippen LogP) is 1.67. The van der Waals surface area contributed by atoms with E-state index in [1.807, 2.05) is 30.8 Å². The maximum absolute atomic E-state index is 11.7. The Labute approximate surface area is 136 Å². The van der Waals surface area contributed by atoms with E-state index in [9.17, 15) is 4.79 Å². The van der Waals surface area contributed by atoms with Gasteiger partial charge >= 0.3 is 5.97 Å². The number of imidazole rings is 1. The van der Waals surface area contributed by atoms with Gasteiger partial charge in [0.05, 0.1) is 12.7 Å². The maximum Gasteiger partial charge on any atom is 0.339 e. The fourth-order valence-corrected chi connectivity index (χ4v) is 3.26. The van der Waals surface area contributed by atoms with E-state index in [1.54, 1.807) is 0 Å². The van der Waals surface area contributed by atoms with Crippen LogP contribution in [0.5, 0.6) is 0 Å². The molecule has 1 aliphatic rings. The van der Waals surface area contributed by atoms with Crippen LogP contribution in [0.25, 0.3) is 0 Å². The number of rotatable bonds is 5. The molecule has 0 fully saturated rings. The quantitative estimate of drug-likeness (QED) is 0.853. The number of methoxy groups -OCH3 is 1. The molecule has 1 N–H and O–H groups in total. The Morgan fingerprint density at radius 1 is 1.52 bits per heavy atom. The van der Waals surface area contributed by atoms with Crippen LogP contribution in [-0.2, 0) is 31.3 Å². The van der Waals surface area contributed by atoms with Gasteiger partial charge in [0.25, 0.3) is 0 Å². The number of hydrogen-bond acceptors (Lipinski definition) is 4. The van der Waals surface area contributed by atoms with Gasteiger partial charge in [0, 0.05) is 56.9 Å². The zero-order valence-corrected chi connectivity index (χ0v) is 14.0. The summed E-state index contributed by atoms with van der Waals surface area (Å²) in [6.07, 6.45) is 6.16. The third kappa shape index (κ3) is 3.17. The zero-order chi connectivity index (χ0) is 16.4. The van der Waals surface area contributed by atoms with Crippen molar-refractivity contribution in [1.29, 1.82) is 0 Å². The summed E-state index contributed by atoms with van der Waals surface area (Å²) in [5.41, 5.74) is 2.68. The van der Waals surface area contributed by atoms with Crippen LogP contribution in [0, 0.1) is 12.8 Å². The zero-order valence-electron chi connectivity index (χ0n) is 14.0. The Kier molecular flexibility index (Phi) is 4.52. The molecule has 0 spiro atoms. The predicted molar refractivity (Wildman–Crippen MR) is 87.2 cm³/mol. The van der Waals surface area contributed by atoms with Crippen molar-refractivity contribution < 1.29 is 9.53 Å². The number of esters is 1. The Hall–Kier alpha value is -2.08. The van der Waals surface area contributed by atoms with Gasteiger partial charge in [0.1, 0.15) is 5.82 Å². The first-order valence-electron chi connectivity index (χ1n) is 8.04. The number of carbonyl (C=O) groups excluding carboxylic acids is 1. The molecular weight excluding hydrogens is 292 g/mol. The smallest absolute Gasteiger partial charge is 0.339 e. The number of carbonyl (C=O) groups is 1. The molecule has 2 aromatic heterocycles. The standard InChI is InChI=1S/C17H24N4O2/c1-12-15(17(22)23-3)8-14(20(12)2)10-18-9-13-4-5-16-19-6-7-21(16)11-13/h6-8,13,18H,4-5,9-11H2,1-3H3. The summed E-state index contributed by atoms with van der Waals surface area (Å²) in [5, 5.41) is 3.53. The highest BCUT2D eigenvalue weighted by molar-refractivity contribution is 5.91. The van der Waals surface area contributed by atoms with Crippen molar-refractivity contribution in [3.8, 4) is 0 Å². The lowest BCUT2D eigenvalue weighted by Gasteiger charge is -2.24. The van der Waals surface area contributed by atoms with Crippen LogP contribution in [0.3, 0.4) is 0 Å². The van der Waals surface area contributed by atoms with E-state index in [-0.39, 0.29) is 5.97 Å². The second-order valence-corrected chi connectivity index (χ2v) is 6.22. The van der Waals surface area contributed by atoms with Crippen LogP contribution in [0.1, 0.15) is 34.0 Å². The van der Waals surface area contributed by atoms with Crippen molar-refractivity contribution in [2.24, 2.45) is 13.0 Å². The van der Waals surface area contributed by atoms with E-state index in [2.05, 4.69) is 21.1 Å². The molecule has 1 atom stereocenters. The third-order valence-electron chi connectivity index (χ3n) is 4.81. The number of ether oxygens (including phenoxy) is 1. The Bertz CT molecular complexity index is 702. The minimum atomic E-state index is -0.274. The second kappa shape index (κ2) is 6.58. The van der Waals surface area contributed by atoms with Gasteiger partial charge in [-0.1, -0.05) is 0 Å². The SMILES string of the molecule is COC(=O)c1cc(CNCC2CCc3nccn3C2)n(C)c1C. The summed E-state index contributed by atoms with van der Waals surface area (Å²) in [5.74, 6) is 1.55. The van der Waals surface area contributed by atoms with E-state index >= 15 is 0 Å². The molecule has 0 radical (unpaired) electrons. The van der Waals surface area contributed by atoms with Gasteiger partial charge in [0.2, 0.25) is 0 Å². The lowest BCUT2D eigenvalue weighted by molar-refractivity contribution is 0.0600. The molecule has 0 amide bonds. The van der Waals surface area contributed by atoms with Crippen molar-refractivity contribution in [3.05, 3.63) is 41.2 Å². The molecule has 124 valence electrons. The molecule has 2 aromatic rings. The normalized spacial score (nSPS) is 17.1. The van der Waals surface area contributed by atoms with Gasteiger partial charge in [-0.15, -0.1) is 0 Å². The maximum atomic E-state index is 11.7. The van der Waals surface area contributed by atoms with Crippen molar-refractivity contribution in [1.82, 2.24) is 19.4 Å². The van der Waals surface area contributed by atoms with Crippen LogP contribution in [0.2, 0.25) is 0 Å². The van der Waals surface area contributed by atoms with Crippen LogP contribution >= 0.6 is 0 Å². The van der Waals surface area contributed by atoms with E-state index in [0.29, 0.717) is 11.5 Å². The van der Waals surface area contributed by atoms with Crippen molar-refractivity contribution in [2.45, 2.75) is 32.9 Å². The van der Waals surface area contributed by atoms with Gasteiger partial charge < -0.3 is 19.2 Å². The van der Waals surface area contributed by atoms with E-state index in [0.717, 1.165) is 37.4 Å². The molecule has 1 unspecified atom stereocenters. The largest absolute Gasteiger partial charge is 0.465 e. The summed E-state index contributed by atoms with van der Waals surface area (Å²) in [7, 11) is 3.40. The van der Waals surface area contributed by atoms with Crippen molar-refractivity contribution >= 4 is 5.97 Å². The molecule has 1 aliphatic heterocycles. The topological polar surface area (TPSA) is 61.1 Å². The fourth-order valence-electron chi connectivity index (χ4n) is 3.26. The Morgan fingerprint density at radius 3 is 3.13 bits per heavy atom. The average Bonchev–Trinajstić information content (AvgIpc) is 3.13. The van der Waals surface area contributed by atoms with Crippen LogP contribution in [-0.4, -0.2) is 33.7 Å². The fraction of sp³-hybridized carbons (Fsp3) is 0.529. The highest BCUT2D eigenvalue weighted by Crippen LogP contribution is 2.19. The van der Waals surface area contributed by atoms with Gasteiger partial charge in [-0.2, -0.15) is 0 Å². The first kappa shape index (κ1) is 15.8. The molecule has 0 aromatic carbocycles. The molecule has 0 saturated heterocycles. The second-order valence-electron chi connectivity index (χ2n) is 6.22. The lowest BCUT2D eigenvalue weighted by Crippen LogP contribution is -2.30. The molecule has 6 heteroatoms. The highest BCUT2D eigenvalue weighted by Gasteiger charge is 2.19. The Balaban J connectivity index is 1.56. The molecule has 0 saturated carbocycles. The molecule has 0 aliphatic carbocycles. The molecule has 0 bridgehead atoms. The molecule has 6 nitrogen and oxygen atoms in total. The summed E-state index contributed by atoms with van der Waals surface area (Å²) < 4.78 is 9.13. The van der Waals surface area contributed by atoms with Crippen LogP contribution in [0.15, 0.2) is 18.5 Å². The summed E-state index contributed by atoms with van der Waals surface area (Å²) >= 11 is 0. The summed E-state index contributed by atoms with van der Waals surface area (Å²) in [6, 6.07) is 1.92. The lowest BCUT2D eigenvalue weighted by atomic mass is 9.99. The summed E-state index contributed by atoms with van der Waals surface area (Å²) in [4.78, 5) is 16.1. The highest BCUT2D eigenvalue weighted by atomic mass is 16.5. The first-order chi connectivity index (χ1) is 11.1. The van der Waals surface area contributed by atoms with Crippen molar-refractivity contribution in [2.75, 3.05) is 13.7 Å². The van der Waals surface area contributed by atoms with Gasteiger partial charge in [0.15, 0.2) is 0 Å². The number of hydrogen-bond donors (Lipinski definition) is 1. The monoisotopic (exact) mass is 316 g/mol. The molecule has 3 heterocycles. The number of fused-ring (bicyclic) bond motifs is 1. The van der Waals surface area contributed by atoms with Crippen molar-refractivity contribution in [3.63, 3.8) is 0 Å². The molecule has 23 heavy (non-hydrogen) atoms. The minimum absolute atomic E-state index is 0.274. The Morgan fingerprint density at radius 2 is 2.35 bits per heavy atom. The average molecular weight is 316 g/mol. The van der Waals surface area contributed by atoms with E-state index in [4.69, 9.17) is 4.74 Å². The van der Waals surface area contributed by atoms with E-state index in [1.165, 1.54) is 19.4 Å². The number of aryl methyl sites for hydroxylation is 1. The number of aromatic nitrogens is 3. The number of nitrogens with one attached hydrogen (secondary N) is 1. The number of nitrogens with zero attached hydrogens (tertiary/aromatic N) is 3. The first-order valence-corrected chi connectivity index (χ1v) is 8.04.